The topological polar surface area (TPSA) is 86.8 Å². The summed E-state index contributed by atoms with van der Waals surface area (Å²) in [6.45, 7) is 6.58. The summed E-state index contributed by atoms with van der Waals surface area (Å²) in [4.78, 5) is 27.5. The van der Waals surface area contributed by atoms with Crippen molar-refractivity contribution in [3.63, 3.8) is 0 Å². The zero-order valence-electron chi connectivity index (χ0n) is 19.3. The van der Waals surface area contributed by atoms with E-state index in [1.165, 1.54) is 4.90 Å². The number of sulfonamides is 1. The van der Waals surface area contributed by atoms with E-state index >= 15 is 0 Å². The summed E-state index contributed by atoms with van der Waals surface area (Å²) in [7, 11) is -3.81. The third-order valence-electron chi connectivity index (χ3n) is 4.95. The van der Waals surface area contributed by atoms with Gasteiger partial charge >= 0.3 is 0 Å². The maximum absolute atomic E-state index is 13.5. The molecule has 1 unspecified atom stereocenters. The lowest BCUT2D eigenvalue weighted by Gasteiger charge is -2.32. The van der Waals surface area contributed by atoms with Gasteiger partial charge in [-0.25, -0.2) is 8.42 Å². The molecule has 1 atom stereocenters. The summed E-state index contributed by atoms with van der Waals surface area (Å²) in [6.07, 6.45) is 1.03. The normalized spacial score (nSPS) is 12.4. The van der Waals surface area contributed by atoms with Gasteiger partial charge in [-0.1, -0.05) is 35.3 Å². The van der Waals surface area contributed by atoms with Gasteiger partial charge in [-0.2, -0.15) is 0 Å². The molecule has 0 aromatic heterocycles. The van der Waals surface area contributed by atoms with Crippen molar-refractivity contribution < 1.29 is 18.0 Å². The molecule has 2 amide bonds. The van der Waals surface area contributed by atoms with Crippen molar-refractivity contribution in [3.05, 3.63) is 63.6 Å². The Morgan fingerprint density at radius 3 is 2.21 bits per heavy atom. The molecule has 0 aliphatic rings. The number of rotatable bonds is 9. The molecule has 1 N–H and O–H groups in total. The highest BCUT2D eigenvalue weighted by molar-refractivity contribution is 7.92. The maximum Gasteiger partial charge on any atom is 0.244 e. The van der Waals surface area contributed by atoms with Gasteiger partial charge in [-0.3, -0.25) is 13.9 Å². The Kier molecular flexibility index (Phi) is 9.17. The Morgan fingerprint density at radius 2 is 1.67 bits per heavy atom. The summed E-state index contributed by atoms with van der Waals surface area (Å²) < 4.78 is 26.2. The van der Waals surface area contributed by atoms with Crippen LogP contribution in [-0.4, -0.2) is 50.0 Å². The lowest BCUT2D eigenvalue weighted by atomic mass is 10.1. The SMILES string of the molecule is Cc1cc(Cl)ccc1N(CC(=O)N(Cc1cccc(Cl)c1)C(C)C(=O)NC(C)C)S(C)(=O)=O. The van der Waals surface area contributed by atoms with E-state index in [4.69, 9.17) is 23.2 Å². The Morgan fingerprint density at radius 1 is 1.03 bits per heavy atom. The monoisotopic (exact) mass is 513 g/mol. The van der Waals surface area contributed by atoms with Gasteiger partial charge in [0.1, 0.15) is 12.6 Å². The first kappa shape index (κ1) is 27.0. The van der Waals surface area contributed by atoms with Crippen LogP contribution < -0.4 is 9.62 Å². The van der Waals surface area contributed by atoms with Crippen molar-refractivity contribution in [1.82, 2.24) is 10.2 Å². The van der Waals surface area contributed by atoms with Crippen molar-refractivity contribution in [2.24, 2.45) is 0 Å². The van der Waals surface area contributed by atoms with Crippen LogP contribution in [0.3, 0.4) is 0 Å². The Labute approximate surface area is 205 Å². The Bertz CT molecular complexity index is 1120. The van der Waals surface area contributed by atoms with Gasteiger partial charge < -0.3 is 10.2 Å². The number of aryl methyl sites for hydroxylation is 1. The van der Waals surface area contributed by atoms with Gasteiger partial charge in [0.05, 0.1) is 11.9 Å². The molecule has 10 heteroatoms. The number of carbonyl (C=O) groups is 2. The summed E-state index contributed by atoms with van der Waals surface area (Å²) in [5.74, 6) is -0.866. The molecule has 0 spiro atoms. The minimum Gasteiger partial charge on any atom is -0.352 e. The van der Waals surface area contributed by atoms with Crippen LogP contribution in [0.15, 0.2) is 42.5 Å². The van der Waals surface area contributed by atoms with Crippen molar-refractivity contribution in [2.45, 2.75) is 46.3 Å². The van der Waals surface area contributed by atoms with E-state index in [1.54, 1.807) is 56.3 Å². The molecule has 0 heterocycles. The molecule has 2 aromatic rings. The van der Waals surface area contributed by atoms with Crippen LogP contribution in [0.1, 0.15) is 31.9 Å². The van der Waals surface area contributed by atoms with Crippen LogP contribution in [0.2, 0.25) is 10.0 Å². The van der Waals surface area contributed by atoms with E-state index in [9.17, 15) is 18.0 Å². The first-order chi connectivity index (χ1) is 15.3. The fourth-order valence-corrected chi connectivity index (χ4v) is 4.66. The van der Waals surface area contributed by atoms with Gasteiger partial charge in [-0.05, 0) is 69.2 Å². The van der Waals surface area contributed by atoms with Crippen molar-refractivity contribution >= 4 is 50.7 Å². The number of carbonyl (C=O) groups excluding carboxylic acids is 2. The highest BCUT2D eigenvalue weighted by Gasteiger charge is 2.30. The average Bonchev–Trinajstić information content (AvgIpc) is 2.69. The second-order valence-corrected chi connectivity index (χ2v) is 11.0. The molecule has 180 valence electrons. The number of hydrogen-bond acceptors (Lipinski definition) is 4. The van der Waals surface area contributed by atoms with Crippen LogP contribution in [0.4, 0.5) is 5.69 Å². The van der Waals surface area contributed by atoms with Crippen LogP contribution in [0.25, 0.3) is 0 Å². The molecule has 7 nitrogen and oxygen atoms in total. The minimum atomic E-state index is -3.81. The quantitative estimate of drug-likeness (QED) is 0.548. The van der Waals surface area contributed by atoms with Crippen LogP contribution in [0, 0.1) is 6.92 Å². The smallest absolute Gasteiger partial charge is 0.244 e. The number of nitrogens with one attached hydrogen (secondary N) is 1. The van der Waals surface area contributed by atoms with E-state index in [2.05, 4.69) is 5.32 Å². The number of anilines is 1. The second kappa shape index (κ2) is 11.2. The van der Waals surface area contributed by atoms with E-state index in [1.807, 2.05) is 13.8 Å². The molecule has 2 aromatic carbocycles. The largest absolute Gasteiger partial charge is 0.352 e. The molecule has 2 rings (SSSR count). The summed E-state index contributed by atoms with van der Waals surface area (Å²) in [5, 5.41) is 3.75. The first-order valence-electron chi connectivity index (χ1n) is 10.4. The average molecular weight is 514 g/mol. The number of nitrogens with zero attached hydrogens (tertiary/aromatic N) is 2. The minimum absolute atomic E-state index is 0.0866. The van der Waals surface area contributed by atoms with Gasteiger partial charge in [0.2, 0.25) is 21.8 Å². The predicted molar refractivity (Wildman–Crippen MR) is 133 cm³/mol. The Balaban J connectivity index is 2.42. The predicted octanol–water partition coefficient (Wildman–Crippen LogP) is 4.01. The van der Waals surface area contributed by atoms with Gasteiger partial charge in [-0.15, -0.1) is 0 Å². The number of benzene rings is 2. The second-order valence-electron chi connectivity index (χ2n) is 8.19. The zero-order chi connectivity index (χ0) is 24.9. The van der Waals surface area contributed by atoms with E-state index in [-0.39, 0.29) is 18.5 Å². The maximum atomic E-state index is 13.5. The van der Waals surface area contributed by atoms with Gasteiger partial charge in [0, 0.05) is 22.6 Å². The fraction of sp³-hybridized carbons (Fsp3) is 0.391. The van der Waals surface area contributed by atoms with Crippen LogP contribution in [-0.2, 0) is 26.2 Å². The molecular formula is C23H29Cl2N3O4S. The first-order valence-corrected chi connectivity index (χ1v) is 13.0. The number of hydrogen-bond donors (Lipinski definition) is 1. The third kappa shape index (κ3) is 7.62. The lowest BCUT2D eigenvalue weighted by molar-refractivity contribution is -0.139. The van der Waals surface area contributed by atoms with Crippen LogP contribution >= 0.6 is 23.2 Å². The molecule has 0 aliphatic carbocycles. The molecule has 0 radical (unpaired) electrons. The van der Waals surface area contributed by atoms with E-state index in [0.29, 0.717) is 26.9 Å². The van der Waals surface area contributed by atoms with Gasteiger partial charge in [0.25, 0.3) is 0 Å². The standard InChI is InChI=1S/C23H29Cl2N3O4S/c1-15(2)26-23(30)17(4)27(13-18-7-6-8-19(24)12-18)22(29)14-28(33(5,31)32)21-10-9-20(25)11-16(21)3/h6-12,15,17H,13-14H2,1-5H3,(H,26,30). The molecule has 0 bridgehead atoms. The third-order valence-corrected chi connectivity index (χ3v) is 6.54. The van der Waals surface area contributed by atoms with Gasteiger partial charge in [0.15, 0.2) is 0 Å². The molecule has 0 saturated carbocycles. The lowest BCUT2D eigenvalue weighted by Crippen LogP contribution is -2.52. The zero-order valence-corrected chi connectivity index (χ0v) is 21.6. The van der Waals surface area contributed by atoms with Crippen molar-refractivity contribution in [1.29, 1.82) is 0 Å². The van der Waals surface area contributed by atoms with Crippen molar-refractivity contribution in [2.75, 3.05) is 17.1 Å². The fourth-order valence-electron chi connectivity index (χ4n) is 3.31. The number of amides is 2. The molecule has 0 fully saturated rings. The van der Waals surface area contributed by atoms with Crippen molar-refractivity contribution in [3.8, 4) is 0 Å². The summed E-state index contributed by atoms with van der Waals surface area (Å²) >= 11 is 12.1. The molecular weight excluding hydrogens is 485 g/mol. The van der Waals surface area contributed by atoms with Crippen LogP contribution in [0.5, 0.6) is 0 Å². The Hall–Kier alpha value is -2.29. The number of halogens is 2. The highest BCUT2D eigenvalue weighted by atomic mass is 35.5. The molecule has 33 heavy (non-hydrogen) atoms. The molecule has 0 saturated heterocycles. The molecule has 0 aliphatic heterocycles. The summed E-state index contributed by atoms with van der Waals surface area (Å²) in [6, 6.07) is 10.7. The summed E-state index contributed by atoms with van der Waals surface area (Å²) in [5.41, 5.74) is 1.67. The van der Waals surface area contributed by atoms with E-state index < -0.39 is 28.5 Å². The highest BCUT2D eigenvalue weighted by Crippen LogP contribution is 2.26. The van der Waals surface area contributed by atoms with E-state index in [0.717, 1.165) is 10.6 Å².